The van der Waals surface area contributed by atoms with Crippen LogP contribution in [0.5, 0.6) is 11.5 Å². The molecule has 2 aromatic rings. The molecule has 3 saturated carbocycles. The summed E-state index contributed by atoms with van der Waals surface area (Å²) in [5.74, 6) is 7.30. The van der Waals surface area contributed by atoms with E-state index in [1.165, 1.54) is 76.6 Å². The van der Waals surface area contributed by atoms with Gasteiger partial charge < -0.3 is 19.1 Å². The maximum atomic E-state index is 6.27. The molecule has 2 saturated heterocycles. The minimum Gasteiger partial charge on any atom is -0.496 e. The molecule has 4 aliphatic carbocycles. The van der Waals surface area contributed by atoms with Crippen LogP contribution in [0.15, 0.2) is 54.6 Å². The maximum Gasteiger partial charge on any atom is 0.125 e. The molecule has 5 nitrogen and oxygen atoms in total. The Morgan fingerprint density at radius 1 is 0.804 bits per heavy atom. The summed E-state index contributed by atoms with van der Waals surface area (Å²) in [4.78, 5) is 5.45. The summed E-state index contributed by atoms with van der Waals surface area (Å²) in [6, 6.07) is 15.3. The Hall–Kier alpha value is -2.05. The summed E-state index contributed by atoms with van der Waals surface area (Å²) >= 11 is 6.27. The highest BCUT2D eigenvalue weighted by Gasteiger charge is 2.46. The summed E-state index contributed by atoms with van der Waals surface area (Å²) in [6.45, 7) is 6.04. The molecule has 4 bridgehead atoms. The third kappa shape index (κ3) is 6.64. The number of ether oxygens (including phenoxy) is 3. The summed E-state index contributed by atoms with van der Waals surface area (Å²) in [5.41, 5.74) is 2.24. The number of nitrogens with zero attached hydrogens (tertiary/aromatic N) is 2. The van der Waals surface area contributed by atoms with Crippen molar-refractivity contribution in [3.8, 4) is 11.5 Å². The third-order valence-corrected chi connectivity index (χ3v) is 13.1. The van der Waals surface area contributed by atoms with Gasteiger partial charge in [-0.25, -0.2) is 0 Å². The first-order chi connectivity index (χ1) is 22.5. The van der Waals surface area contributed by atoms with Crippen LogP contribution in [0.1, 0.15) is 81.3 Å². The normalized spacial score (nSPS) is 32.0. The van der Waals surface area contributed by atoms with Gasteiger partial charge in [0.05, 0.1) is 19.8 Å². The summed E-state index contributed by atoms with van der Waals surface area (Å²) in [7, 11) is 5.34. The van der Waals surface area contributed by atoms with E-state index in [4.69, 9.17) is 25.8 Å². The molecule has 6 atom stereocenters. The number of fused-ring (bicyclic) bond motifs is 4. The van der Waals surface area contributed by atoms with Crippen LogP contribution >= 0.6 is 11.6 Å². The second kappa shape index (κ2) is 14.2. The van der Waals surface area contributed by atoms with Crippen molar-refractivity contribution in [2.75, 3.05) is 54.1 Å². The van der Waals surface area contributed by atoms with Crippen molar-refractivity contribution in [1.29, 1.82) is 0 Å². The lowest BCUT2D eigenvalue weighted by atomic mass is 9.82. The van der Waals surface area contributed by atoms with Gasteiger partial charge in [0, 0.05) is 43.4 Å². The number of halogens is 1. The number of allylic oxidation sites excluding steroid dienone is 2. The molecule has 6 unspecified atom stereocenters. The molecule has 2 aliphatic heterocycles. The molecule has 8 rings (SSSR count). The van der Waals surface area contributed by atoms with E-state index in [1.54, 1.807) is 14.2 Å². The Bertz CT molecular complexity index is 1350. The molecule has 5 fully saturated rings. The fourth-order valence-corrected chi connectivity index (χ4v) is 10.5. The topological polar surface area (TPSA) is 34.2 Å². The Kier molecular flexibility index (Phi) is 10.0. The quantitative estimate of drug-likeness (QED) is 0.269. The average molecular weight is 647 g/mol. The van der Waals surface area contributed by atoms with Crippen molar-refractivity contribution >= 4 is 11.6 Å². The number of likely N-dealkylation sites (tertiary alicyclic amines) is 2. The van der Waals surface area contributed by atoms with Crippen molar-refractivity contribution in [3.05, 3.63) is 70.8 Å². The number of hydrogen-bond donors (Lipinski definition) is 0. The predicted molar refractivity (Wildman–Crippen MR) is 187 cm³/mol. The van der Waals surface area contributed by atoms with E-state index in [-0.39, 0.29) is 5.60 Å². The van der Waals surface area contributed by atoms with Gasteiger partial charge in [0.1, 0.15) is 11.5 Å². The molecule has 0 spiro atoms. The van der Waals surface area contributed by atoms with Crippen LogP contribution in [-0.2, 0) is 10.3 Å². The van der Waals surface area contributed by atoms with Crippen molar-refractivity contribution in [2.45, 2.75) is 81.8 Å². The van der Waals surface area contributed by atoms with Crippen molar-refractivity contribution in [1.82, 2.24) is 9.80 Å². The number of methoxy groups -OCH3 is 3. The standard InChI is InChI=1S/C20H28ClNO2.C20H27NO/c1-23-19-6-5-16(21)13-17(19)20(24-2)7-9-22(10-8-20)18-12-14-3-4-15(18)11-14;1-22-20-5-3-2-4-19(20)16-8-10-21(11-9-16)14-18-13-15-6-7-17(18)12-15/h5-6,13-15,18H,3-4,7-12H2,1-2H3;2-7,15-18H,8-14H2,1H3. The number of piperidine rings is 2. The summed E-state index contributed by atoms with van der Waals surface area (Å²) in [5, 5.41) is 0.748. The molecule has 0 radical (unpaired) electrons. The monoisotopic (exact) mass is 646 g/mol. The maximum absolute atomic E-state index is 6.27. The molecule has 46 heavy (non-hydrogen) atoms. The van der Waals surface area contributed by atoms with Gasteiger partial charge in [0.25, 0.3) is 0 Å². The molecule has 0 N–H and O–H groups in total. The number of para-hydroxylation sites is 1. The Morgan fingerprint density at radius 3 is 2.22 bits per heavy atom. The van der Waals surface area contributed by atoms with E-state index in [0.717, 1.165) is 83.6 Å². The predicted octanol–water partition coefficient (Wildman–Crippen LogP) is 8.56. The smallest absolute Gasteiger partial charge is 0.125 e. The van der Waals surface area contributed by atoms with Crippen LogP contribution in [-0.4, -0.2) is 69.9 Å². The zero-order valence-electron chi connectivity index (χ0n) is 28.3. The van der Waals surface area contributed by atoms with Gasteiger partial charge in [-0.3, -0.25) is 4.90 Å². The molecule has 0 amide bonds. The van der Waals surface area contributed by atoms with Gasteiger partial charge in [0.15, 0.2) is 0 Å². The molecule has 2 aromatic carbocycles. The highest BCUT2D eigenvalue weighted by molar-refractivity contribution is 6.30. The van der Waals surface area contributed by atoms with Crippen LogP contribution < -0.4 is 9.47 Å². The number of benzene rings is 2. The minimum atomic E-state index is -0.273. The second-order valence-corrected chi connectivity index (χ2v) is 15.6. The van der Waals surface area contributed by atoms with E-state index in [0.29, 0.717) is 5.92 Å². The van der Waals surface area contributed by atoms with E-state index < -0.39 is 0 Å². The van der Waals surface area contributed by atoms with Crippen molar-refractivity contribution in [3.63, 3.8) is 0 Å². The van der Waals surface area contributed by atoms with Crippen LogP contribution in [0.25, 0.3) is 0 Å². The lowest BCUT2D eigenvalue weighted by molar-refractivity contribution is -0.0739. The zero-order chi connectivity index (χ0) is 31.7. The van der Waals surface area contributed by atoms with Gasteiger partial charge in [0.2, 0.25) is 0 Å². The van der Waals surface area contributed by atoms with E-state index in [2.05, 4.69) is 46.2 Å². The van der Waals surface area contributed by atoms with Gasteiger partial charge in [-0.2, -0.15) is 0 Å². The number of hydrogen-bond acceptors (Lipinski definition) is 5. The molecule has 0 aromatic heterocycles. The van der Waals surface area contributed by atoms with Crippen LogP contribution in [0, 0.1) is 29.6 Å². The third-order valence-electron chi connectivity index (χ3n) is 12.9. The fourth-order valence-electron chi connectivity index (χ4n) is 10.4. The first kappa shape index (κ1) is 32.5. The van der Waals surface area contributed by atoms with Crippen LogP contribution in [0.4, 0.5) is 0 Å². The second-order valence-electron chi connectivity index (χ2n) is 15.2. The average Bonchev–Trinajstić information content (AvgIpc) is 3.93. The lowest BCUT2D eigenvalue weighted by Gasteiger charge is -2.45. The Morgan fingerprint density at radius 2 is 1.59 bits per heavy atom. The molecule has 2 heterocycles. The number of rotatable bonds is 8. The van der Waals surface area contributed by atoms with Gasteiger partial charge >= 0.3 is 0 Å². The van der Waals surface area contributed by atoms with Gasteiger partial charge in [-0.1, -0.05) is 48.4 Å². The highest BCUT2D eigenvalue weighted by Crippen LogP contribution is 2.49. The van der Waals surface area contributed by atoms with Crippen molar-refractivity contribution < 1.29 is 14.2 Å². The molecule has 6 aliphatic rings. The highest BCUT2D eigenvalue weighted by atomic mass is 35.5. The van der Waals surface area contributed by atoms with E-state index in [1.807, 2.05) is 25.3 Å². The zero-order valence-corrected chi connectivity index (χ0v) is 29.1. The lowest BCUT2D eigenvalue weighted by Crippen LogP contribution is -2.49. The van der Waals surface area contributed by atoms with E-state index in [9.17, 15) is 0 Å². The Balaban J connectivity index is 0.000000147. The SMILES string of the molecule is COc1ccc(Cl)cc1C1(OC)CCN(C2CC3CCC2C3)CC1.COc1ccccc1C1CCN(CC2CC3C=CC2C3)CC1. The van der Waals surface area contributed by atoms with Crippen LogP contribution in [0.3, 0.4) is 0 Å². The minimum absolute atomic E-state index is 0.273. The summed E-state index contributed by atoms with van der Waals surface area (Å²) in [6.07, 6.45) is 18.2. The molecule has 6 heteroatoms. The van der Waals surface area contributed by atoms with Crippen molar-refractivity contribution in [2.24, 2.45) is 29.6 Å². The summed E-state index contributed by atoms with van der Waals surface area (Å²) < 4.78 is 17.2. The van der Waals surface area contributed by atoms with E-state index >= 15 is 0 Å². The first-order valence-corrected chi connectivity index (χ1v) is 18.5. The largest absolute Gasteiger partial charge is 0.496 e. The van der Waals surface area contributed by atoms with Crippen LogP contribution in [0.2, 0.25) is 5.02 Å². The fraction of sp³-hybridized carbons (Fsp3) is 0.650. The van der Waals surface area contributed by atoms with Gasteiger partial charge in [-0.15, -0.1) is 0 Å². The first-order valence-electron chi connectivity index (χ1n) is 18.2. The molecular formula is C40H55ClN2O3. The molecule has 250 valence electrons. The van der Waals surface area contributed by atoms with Gasteiger partial charge in [-0.05, 0) is 136 Å². The molecular weight excluding hydrogens is 592 g/mol. The Labute approximate surface area is 282 Å².